The van der Waals surface area contributed by atoms with Crippen molar-refractivity contribution in [3.05, 3.63) is 71.3 Å². The summed E-state index contributed by atoms with van der Waals surface area (Å²) in [6, 6.07) is 14.9. The number of ether oxygens (including phenoxy) is 1. The standard InChI is InChI=1S/C25H24N2O5/c1-3-8-22(24(29)30)27-23(28)16(2)13-14-26-25(31)32-15-21-19-11-6-4-9-17(19)18-10-5-7-12-20(18)21/h1,4-7,9-13,21-22H,8,14-15H2,2H3,(H,26,31)(H,27,28)(H,29,30)/b16-13+. The van der Waals surface area contributed by atoms with Crippen molar-refractivity contribution < 1.29 is 24.2 Å². The lowest BCUT2D eigenvalue weighted by Gasteiger charge is -2.14. The maximum Gasteiger partial charge on any atom is 0.407 e. The molecule has 1 aliphatic carbocycles. The Kier molecular flexibility index (Phi) is 7.29. The van der Waals surface area contributed by atoms with E-state index in [4.69, 9.17) is 16.3 Å². The van der Waals surface area contributed by atoms with E-state index < -0.39 is 24.0 Å². The first-order valence-corrected chi connectivity index (χ1v) is 10.1. The molecule has 1 unspecified atom stereocenters. The number of benzene rings is 2. The summed E-state index contributed by atoms with van der Waals surface area (Å²) in [6.45, 7) is 1.77. The molecule has 0 saturated heterocycles. The maximum absolute atomic E-state index is 12.2. The van der Waals surface area contributed by atoms with Crippen molar-refractivity contribution in [1.29, 1.82) is 0 Å². The minimum atomic E-state index is -1.21. The number of hydrogen-bond donors (Lipinski definition) is 3. The number of carboxylic acids is 1. The van der Waals surface area contributed by atoms with Gasteiger partial charge in [0, 0.05) is 24.5 Å². The van der Waals surface area contributed by atoms with Gasteiger partial charge in [-0.05, 0) is 29.2 Å². The molecular weight excluding hydrogens is 408 g/mol. The number of nitrogens with one attached hydrogen (secondary N) is 2. The highest BCUT2D eigenvalue weighted by Crippen LogP contribution is 2.44. The second kappa shape index (κ2) is 10.3. The van der Waals surface area contributed by atoms with Crippen LogP contribution in [0.3, 0.4) is 0 Å². The summed E-state index contributed by atoms with van der Waals surface area (Å²) < 4.78 is 5.43. The number of carbonyl (C=O) groups excluding carboxylic acids is 2. The normalized spacial score (nSPS) is 13.3. The zero-order chi connectivity index (χ0) is 23.1. The molecule has 0 spiro atoms. The van der Waals surface area contributed by atoms with E-state index in [1.54, 1.807) is 0 Å². The first kappa shape index (κ1) is 22.6. The van der Waals surface area contributed by atoms with E-state index in [1.807, 2.05) is 36.4 Å². The summed E-state index contributed by atoms with van der Waals surface area (Å²) in [5, 5.41) is 14.0. The highest BCUT2D eigenvalue weighted by atomic mass is 16.5. The Bertz CT molecular complexity index is 1050. The average Bonchev–Trinajstić information content (AvgIpc) is 3.11. The monoisotopic (exact) mass is 432 g/mol. The van der Waals surface area contributed by atoms with Crippen LogP contribution in [0.4, 0.5) is 4.79 Å². The third-order valence-corrected chi connectivity index (χ3v) is 5.28. The first-order valence-electron chi connectivity index (χ1n) is 10.1. The fourth-order valence-corrected chi connectivity index (χ4v) is 3.62. The molecule has 7 nitrogen and oxygen atoms in total. The van der Waals surface area contributed by atoms with Crippen LogP contribution in [0, 0.1) is 12.3 Å². The predicted octanol–water partition coefficient (Wildman–Crippen LogP) is 3.06. The van der Waals surface area contributed by atoms with Crippen LogP contribution in [0.2, 0.25) is 0 Å². The van der Waals surface area contributed by atoms with Crippen LogP contribution in [0.15, 0.2) is 60.2 Å². The Morgan fingerprint density at radius 3 is 2.28 bits per heavy atom. The summed E-state index contributed by atoms with van der Waals surface area (Å²) in [5.41, 5.74) is 4.78. The van der Waals surface area contributed by atoms with E-state index >= 15 is 0 Å². The van der Waals surface area contributed by atoms with Crippen molar-refractivity contribution in [1.82, 2.24) is 10.6 Å². The molecule has 3 N–H and O–H groups in total. The van der Waals surface area contributed by atoms with Crippen LogP contribution >= 0.6 is 0 Å². The number of rotatable bonds is 8. The smallest absolute Gasteiger partial charge is 0.407 e. The second-order valence-corrected chi connectivity index (χ2v) is 7.37. The highest BCUT2D eigenvalue weighted by molar-refractivity contribution is 5.95. The molecule has 0 aromatic heterocycles. The largest absolute Gasteiger partial charge is 0.480 e. The van der Waals surface area contributed by atoms with Gasteiger partial charge in [-0.2, -0.15) is 0 Å². The fraction of sp³-hybridized carbons (Fsp3) is 0.240. The van der Waals surface area contributed by atoms with Crippen molar-refractivity contribution in [2.75, 3.05) is 13.2 Å². The Labute approximate surface area is 186 Å². The molecule has 1 atom stereocenters. The minimum Gasteiger partial charge on any atom is -0.480 e. The van der Waals surface area contributed by atoms with Crippen LogP contribution in [0.1, 0.15) is 30.4 Å². The number of carbonyl (C=O) groups is 3. The van der Waals surface area contributed by atoms with Crippen molar-refractivity contribution in [3.63, 3.8) is 0 Å². The highest BCUT2D eigenvalue weighted by Gasteiger charge is 2.29. The lowest BCUT2D eigenvalue weighted by molar-refractivity contribution is -0.141. The number of terminal acetylenes is 1. The van der Waals surface area contributed by atoms with Crippen LogP contribution in [-0.4, -0.2) is 42.3 Å². The molecule has 2 aromatic rings. The fourth-order valence-electron chi connectivity index (χ4n) is 3.62. The van der Waals surface area contributed by atoms with Gasteiger partial charge in [-0.15, -0.1) is 12.3 Å². The van der Waals surface area contributed by atoms with Gasteiger partial charge in [-0.3, -0.25) is 4.79 Å². The van der Waals surface area contributed by atoms with Gasteiger partial charge in [0.15, 0.2) is 0 Å². The molecule has 0 saturated carbocycles. The third kappa shape index (κ3) is 5.16. The van der Waals surface area contributed by atoms with Crippen LogP contribution in [-0.2, 0) is 14.3 Å². The van der Waals surface area contributed by atoms with Crippen molar-refractivity contribution >= 4 is 18.0 Å². The molecule has 0 aliphatic heterocycles. The van der Waals surface area contributed by atoms with E-state index in [1.165, 1.54) is 13.0 Å². The lowest BCUT2D eigenvalue weighted by atomic mass is 9.98. The van der Waals surface area contributed by atoms with Gasteiger partial charge in [0.05, 0.1) is 0 Å². The average molecular weight is 432 g/mol. The number of amides is 2. The van der Waals surface area contributed by atoms with Gasteiger partial charge in [0.1, 0.15) is 12.6 Å². The van der Waals surface area contributed by atoms with Gasteiger partial charge in [0.2, 0.25) is 5.91 Å². The molecule has 164 valence electrons. The van der Waals surface area contributed by atoms with E-state index in [-0.39, 0.29) is 31.1 Å². The van der Waals surface area contributed by atoms with Crippen molar-refractivity contribution in [3.8, 4) is 23.5 Å². The Balaban J connectivity index is 1.52. The zero-order valence-corrected chi connectivity index (χ0v) is 17.6. The Morgan fingerprint density at radius 1 is 1.12 bits per heavy atom. The number of carboxylic acid groups (broad SMARTS) is 1. The summed E-state index contributed by atoms with van der Waals surface area (Å²) in [4.78, 5) is 35.3. The molecule has 1 aliphatic rings. The topological polar surface area (TPSA) is 105 Å². The summed E-state index contributed by atoms with van der Waals surface area (Å²) in [7, 11) is 0. The van der Waals surface area contributed by atoms with Gasteiger partial charge in [0.25, 0.3) is 0 Å². The van der Waals surface area contributed by atoms with Crippen LogP contribution < -0.4 is 10.6 Å². The number of fused-ring (bicyclic) bond motifs is 3. The SMILES string of the molecule is C#CCC(NC(=O)/C(C)=C/CNC(=O)OCC1c2ccccc2-c2ccccc21)C(=O)O. The molecule has 7 heteroatoms. The quantitative estimate of drug-likeness (QED) is 0.439. The molecule has 2 aromatic carbocycles. The molecule has 0 heterocycles. The summed E-state index contributed by atoms with van der Waals surface area (Å²) in [5.74, 6) is 0.396. The van der Waals surface area contributed by atoms with Crippen LogP contribution in [0.5, 0.6) is 0 Å². The third-order valence-electron chi connectivity index (χ3n) is 5.28. The maximum atomic E-state index is 12.2. The van der Waals surface area contributed by atoms with E-state index in [0.29, 0.717) is 0 Å². The van der Waals surface area contributed by atoms with Gasteiger partial charge >= 0.3 is 12.1 Å². The number of aliphatic carboxylic acids is 1. The Morgan fingerprint density at radius 2 is 1.72 bits per heavy atom. The molecular formula is C25H24N2O5. The summed E-state index contributed by atoms with van der Waals surface area (Å²) in [6.07, 6.45) is 5.87. The van der Waals surface area contributed by atoms with Gasteiger partial charge in [-0.1, -0.05) is 54.6 Å². The molecule has 3 rings (SSSR count). The molecule has 0 fully saturated rings. The van der Waals surface area contributed by atoms with E-state index in [0.717, 1.165) is 22.3 Å². The zero-order valence-electron chi connectivity index (χ0n) is 17.6. The van der Waals surface area contributed by atoms with Crippen molar-refractivity contribution in [2.24, 2.45) is 0 Å². The molecule has 2 amide bonds. The second-order valence-electron chi connectivity index (χ2n) is 7.37. The minimum absolute atomic E-state index is 0.0414. The molecule has 0 radical (unpaired) electrons. The van der Waals surface area contributed by atoms with E-state index in [9.17, 15) is 14.4 Å². The van der Waals surface area contributed by atoms with E-state index in [2.05, 4.69) is 28.7 Å². The Hall–Kier alpha value is -4.05. The molecule has 0 bridgehead atoms. The number of alkyl carbamates (subject to hydrolysis) is 1. The molecule has 32 heavy (non-hydrogen) atoms. The van der Waals surface area contributed by atoms with Crippen molar-refractivity contribution in [2.45, 2.75) is 25.3 Å². The van der Waals surface area contributed by atoms with Gasteiger partial charge in [-0.25, -0.2) is 9.59 Å². The predicted molar refractivity (Wildman–Crippen MR) is 120 cm³/mol. The summed E-state index contributed by atoms with van der Waals surface area (Å²) >= 11 is 0. The number of hydrogen-bond acceptors (Lipinski definition) is 4. The first-order chi connectivity index (χ1) is 15.4. The van der Waals surface area contributed by atoms with Crippen LogP contribution in [0.25, 0.3) is 11.1 Å². The van der Waals surface area contributed by atoms with Gasteiger partial charge < -0.3 is 20.5 Å². The lowest BCUT2D eigenvalue weighted by Crippen LogP contribution is -2.41.